The Hall–Kier alpha value is -1.90. The fourth-order valence-electron chi connectivity index (χ4n) is 1.43. The minimum atomic E-state index is -0.312. The van der Waals surface area contributed by atoms with Gasteiger partial charge in [0.05, 0.1) is 23.4 Å². The fraction of sp³-hybridized carbons (Fsp3) is 0.167. The molecule has 0 bridgehead atoms. The van der Waals surface area contributed by atoms with Crippen LogP contribution in [0.5, 0.6) is 0 Å². The second kappa shape index (κ2) is 4.09. The molecule has 1 N–H and O–H groups in total. The average Bonchev–Trinajstić information content (AvgIpc) is 2.29. The van der Waals surface area contributed by atoms with E-state index in [1.54, 1.807) is 13.1 Å². The Morgan fingerprint density at radius 2 is 2.20 bits per heavy atom. The van der Waals surface area contributed by atoms with Crippen LogP contribution in [0.1, 0.15) is 6.92 Å². The average molecular weight is 199 g/mol. The number of nitrogens with one attached hydrogen (secondary N) is 1. The molecule has 1 radical (unpaired) electrons. The number of pyridine rings is 1. The lowest BCUT2D eigenvalue weighted by Gasteiger charge is -2.08. The lowest BCUT2D eigenvalue weighted by molar-refractivity contribution is 0.549. The number of aromatic nitrogens is 1. The zero-order valence-electron chi connectivity index (χ0n) is 8.40. The summed E-state index contributed by atoms with van der Waals surface area (Å²) >= 11 is 0. The molecule has 0 spiro atoms. The fourth-order valence-corrected chi connectivity index (χ4v) is 1.43. The molecule has 0 aliphatic carbocycles. The van der Waals surface area contributed by atoms with Crippen molar-refractivity contribution in [2.24, 2.45) is 0 Å². The summed E-state index contributed by atoms with van der Waals surface area (Å²) in [5.74, 6) is 0. The van der Waals surface area contributed by atoms with Gasteiger partial charge in [-0.1, -0.05) is 18.2 Å². The lowest BCUT2D eigenvalue weighted by Crippen LogP contribution is -2.16. The van der Waals surface area contributed by atoms with Crippen LogP contribution in [0.2, 0.25) is 0 Å². The summed E-state index contributed by atoms with van der Waals surface area (Å²) in [5, 5.41) is 4.05. The van der Waals surface area contributed by atoms with Crippen molar-refractivity contribution in [3.8, 4) is 0 Å². The predicted octanol–water partition coefficient (Wildman–Crippen LogP) is 2.14. The van der Waals surface area contributed by atoms with Gasteiger partial charge in [0, 0.05) is 5.39 Å². The number of fused-ring (bicyclic) bond motifs is 1. The molecule has 2 aromatic rings. The van der Waals surface area contributed by atoms with Crippen molar-refractivity contribution in [2.45, 2.75) is 13.0 Å². The number of anilines is 1. The van der Waals surface area contributed by atoms with Crippen LogP contribution in [0.3, 0.4) is 0 Å². The number of rotatable bonds is 3. The Morgan fingerprint density at radius 3 is 3.00 bits per heavy atom. The zero-order valence-corrected chi connectivity index (χ0v) is 8.40. The third kappa shape index (κ3) is 2.13. The van der Waals surface area contributed by atoms with Crippen LogP contribution in [-0.2, 0) is 4.79 Å². The van der Waals surface area contributed by atoms with Crippen molar-refractivity contribution in [1.82, 2.24) is 4.98 Å². The van der Waals surface area contributed by atoms with Crippen molar-refractivity contribution >= 4 is 22.9 Å². The van der Waals surface area contributed by atoms with Gasteiger partial charge in [-0.2, -0.15) is 0 Å². The Kier molecular flexibility index (Phi) is 2.63. The van der Waals surface area contributed by atoms with E-state index in [1.807, 2.05) is 36.6 Å². The first-order chi connectivity index (χ1) is 7.29. The molecule has 75 valence electrons. The van der Waals surface area contributed by atoms with E-state index in [9.17, 15) is 4.79 Å². The van der Waals surface area contributed by atoms with E-state index in [0.29, 0.717) is 0 Å². The third-order valence-corrected chi connectivity index (χ3v) is 2.15. The number of benzene rings is 1. The summed E-state index contributed by atoms with van der Waals surface area (Å²) in [6, 6.07) is 9.51. The van der Waals surface area contributed by atoms with Gasteiger partial charge in [0.1, 0.15) is 0 Å². The van der Waals surface area contributed by atoms with Gasteiger partial charge in [-0.25, -0.2) is 0 Å². The van der Waals surface area contributed by atoms with Gasteiger partial charge in [-0.15, -0.1) is 0 Å². The van der Waals surface area contributed by atoms with Crippen LogP contribution in [0, 0.1) is 0 Å². The van der Waals surface area contributed by atoms with Crippen molar-refractivity contribution < 1.29 is 4.79 Å². The molecule has 15 heavy (non-hydrogen) atoms. The smallest absolute Gasteiger partial charge is 0.222 e. The Morgan fingerprint density at radius 1 is 1.40 bits per heavy atom. The van der Waals surface area contributed by atoms with E-state index >= 15 is 0 Å². The topological polar surface area (TPSA) is 42.0 Å². The van der Waals surface area contributed by atoms with Gasteiger partial charge in [-0.05, 0) is 19.1 Å². The predicted molar refractivity (Wildman–Crippen MR) is 60.5 cm³/mol. The molecular weight excluding hydrogens is 188 g/mol. The van der Waals surface area contributed by atoms with E-state index in [-0.39, 0.29) is 6.04 Å². The summed E-state index contributed by atoms with van der Waals surface area (Å²) in [4.78, 5) is 14.6. The van der Waals surface area contributed by atoms with Gasteiger partial charge < -0.3 is 5.32 Å². The molecule has 0 saturated heterocycles. The largest absolute Gasteiger partial charge is 0.374 e. The molecule has 0 saturated carbocycles. The molecule has 1 aromatic carbocycles. The van der Waals surface area contributed by atoms with Crippen LogP contribution in [0.4, 0.5) is 5.69 Å². The van der Waals surface area contributed by atoms with E-state index < -0.39 is 0 Å². The summed E-state index contributed by atoms with van der Waals surface area (Å²) in [7, 11) is 0. The highest BCUT2D eigenvalue weighted by Crippen LogP contribution is 2.16. The first-order valence-corrected chi connectivity index (χ1v) is 4.78. The summed E-state index contributed by atoms with van der Waals surface area (Å²) < 4.78 is 0. The highest BCUT2D eigenvalue weighted by molar-refractivity contribution is 5.82. The second-order valence-corrected chi connectivity index (χ2v) is 3.40. The van der Waals surface area contributed by atoms with Crippen LogP contribution in [0.25, 0.3) is 10.9 Å². The second-order valence-electron chi connectivity index (χ2n) is 3.40. The summed E-state index contributed by atoms with van der Waals surface area (Å²) in [5.41, 5.74) is 1.79. The molecule has 1 heterocycles. The van der Waals surface area contributed by atoms with Crippen LogP contribution >= 0.6 is 0 Å². The first kappa shape index (κ1) is 9.65. The molecule has 3 heteroatoms. The Bertz CT molecular complexity index is 482. The molecule has 2 rings (SSSR count). The Labute approximate surface area is 88.1 Å². The van der Waals surface area contributed by atoms with E-state index in [0.717, 1.165) is 16.6 Å². The van der Waals surface area contributed by atoms with Gasteiger partial charge in [0.15, 0.2) is 0 Å². The molecule has 1 aromatic heterocycles. The highest BCUT2D eigenvalue weighted by Gasteiger charge is 2.01. The van der Waals surface area contributed by atoms with Gasteiger partial charge in [-0.3, -0.25) is 9.78 Å². The molecular formula is C12H11N2O. The molecule has 3 nitrogen and oxygen atoms in total. The first-order valence-electron chi connectivity index (χ1n) is 4.78. The highest BCUT2D eigenvalue weighted by atomic mass is 16.1. The van der Waals surface area contributed by atoms with Crippen molar-refractivity contribution in [2.75, 3.05) is 5.32 Å². The minimum Gasteiger partial charge on any atom is -0.374 e. The molecule has 0 fully saturated rings. The maximum Gasteiger partial charge on any atom is 0.222 e. The van der Waals surface area contributed by atoms with Crippen LogP contribution < -0.4 is 5.32 Å². The third-order valence-electron chi connectivity index (χ3n) is 2.15. The minimum absolute atomic E-state index is 0.312. The van der Waals surface area contributed by atoms with Crippen molar-refractivity contribution in [3.63, 3.8) is 0 Å². The number of carbonyl (C=O) groups excluding carboxylic acids is 1. The van der Waals surface area contributed by atoms with E-state index in [1.165, 1.54) is 0 Å². The number of hydrogen-bond acceptors (Lipinski definition) is 3. The van der Waals surface area contributed by atoms with Crippen molar-refractivity contribution in [3.05, 3.63) is 36.5 Å². The maximum absolute atomic E-state index is 10.4. The quantitative estimate of drug-likeness (QED) is 0.823. The standard InChI is InChI=1S/C12H11N2O/c1-9(8-15)14-11-6-10-4-2-3-5-12(10)13-7-11/h2-7,9,14H,1H3. The van der Waals surface area contributed by atoms with E-state index in [4.69, 9.17) is 0 Å². The zero-order chi connectivity index (χ0) is 10.7. The van der Waals surface area contributed by atoms with Crippen molar-refractivity contribution in [1.29, 1.82) is 0 Å². The van der Waals surface area contributed by atoms with Crippen LogP contribution in [-0.4, -0.2) is 17.3 Å². The van der Waals surface area contributed by atoms with Gasteiger partial charge in [0.25, 0.3) is 0 Å². The summed E-state index contributed by atoms with van der Waals surface area (Å²) in [6.45, 7) is 1.75. The summed E-state index contributed by atoms with van der Waals surface area (Å²) in [6.07, 6.45) is 3.59. The number of hydrogen-bond donors (Lipinski definition) is 1. The molecule has 0 aliphatic rings. The monoisotopic (exact) mass is 199 g/mol. The molecule has 0 aliphatic heterocycles. The number of para-hydroxylation sites is 1. The van der Waals surface area contributed by atoms with E-state index in [2.05, 4.69) is 10.3 Å². The van der Waals surface area contributed by atoms with Crippen LogP contribution in [0.15, 0.2) is 36.5 Å². The molecule has 1 atom stereocenters. The lowest BCUT2D eigenvalue weighted by atomic mass is 10.2. The van der Waals surface area contributed by atoms with Gasteiger partial charge >= 0.3 is 0 Å². The molecule has 0 amide bonds. The normalized spacial score (nSPS) is 12.3. The number of nitrogens with zero attached hydrogens (tertiary/aromatic N) is 1. The van der Waals surface area contributed by atoms with Gasteiger partial charge in [0.2, 0.25) is 6.29 Å². The maximum atomic E-state index is 10.4. The molecule has 1 unspecified atom stereocenters. The Balaban J connectivity index is 2.34. The SMILES string of the molecule is CC([C]=O)Nc1cnc2ccccc2c1.